The molecule has 0 aliphatic rings. The third kappa shape index (κ3) is 3.06. The predicted molar refractivity (Wildman–Crippen MR) is 60.8 cm³/mol. The molecule has 15 heavy (non-hydrogen) atoms. The van der Waals surface area contributed by atoms with Crippen molar-refractivity contribution in [3.05, 3.63) is 12.4 Å². The molecule has 1 aromatic rings. The molecule has 0 aliphatic carbocycles. The number of aromatic nitrogens is 2. The lowest BCUT2D eigenvalue weighted by Crippen LogP contribution is -2.36. The second-order valence-corrected chi connectivity index (χ2v) is 3.39. The van der Waals surface area contributed by atoms with Crippen LogP contribution in [-0.2, 0) is 4.74 Å². The molecule has 84 valence electrons. The van der Waals surface area contributed by atoms with E-state index in [4.69, 9.17) is 10.5 Å². The average Bonchev–Trinajstić information content (AvgIpc) is 2.22. The number of anilines is 2. The number of nitrogens with zero attached hydrogens (tertiary/aromatic N) is 3. The van der Waals surface area contributed by atoms with Crippen LogP contribution in [0.15, 0.2) is 12.4 Å². The maximum absolute atomic E-state index is 5.49. The van der Waals surface area contributed by atoms with Gasteiger partial charge in [0.15, 0.2) is 0 Å². The van der Waals surface area contributed by atoms with Crippen LogP contribution in [0.5, 0.6) is 0 Å². The fourth-order valence-electron chi connectivity index (χ4n) is 1.51. The minimum Gasteiger partial charge on any atom is -0.383 e. The number of likely N-dealkylation sites (N-methyl/N-ethyl adjacent to an activating group) is 1. The van der Waals surface area contributed by atoms with Gasteiger partial charge in [0, 0.05) is 13.7 Å². The molecule has 0 radical (unpaired) electrons. The summed E-state index contributed by atoms with van der Waals surface area (Å²) in [5.74, 6) is 1.27. The van der Waals surface area contributed by atoms with Gasteiger partial charge in [0.25, 0.3) is 0 Å². The number of ether oxygens (including phenoxy) is 1. The summed E-state index contributed by atoms with van der Waals surface area (Å²) in [6.45, 7) is 5.69. The van der Waals surface area contributed by atoms with Crippen molar-refractivity contribution in [2.45, 2.75) is 19.9 Å². The zero-order chi connectivity index (χ0) is 11.3. The van der Waals surface area contributed by atoms with Crippen molar-refractivity contribution in [1.29, 1.82) is 0 Å². The zero-order valence-corrected chi connectivity index (χ0v) is 9.47. The maximum atomic E-state index is 5.49. The maximum Gasteiger partial charge on any atom is 0.147 e. The first kappa shape index (κ1) is 11.7. The summed E-state index contributed by atoms with van der Waals surface area (Å²) in [4.78, 5) is 10.4. The number of hydrogen-bond acceptors (Lipinski definition) is 5. The largest absolute Gasteiger partial charge is 0.383 e. The Morgan fingerprint density at radius 2 is 2.20 bits per heavy atom. The van der Waals surface area contributed by atoms with Gasteiger partial charge in [-0.1, -0.05) is 0 Å². The SMILES string of the molecule is CCN(c1cnc(N)cn1)C(C)COC. The number of rotatable bonds is 5. The lowest BCUT2D eigenvalue weighted by atomic mass is 10.3. The van der Waals surface area contributed by atoms with Crippen LogP contribution >= 0.6 is 0 Å². The van der Waals surface area contributed by atoms with Crippen LogP contribution in [-0.4, -0.2) is 36.3 Å². The Morgan fingerprint density at radius 3 is 2.67 bits per heavy atom. The van der Waals surface area contributed by atoms with Gasteiger partial charge in [-0.05, 0) is 13.8 Å². The van der Waals surface area contributed by atoms with Crippen LogP contribution in [0.4, 0.5) is 11.6 Å². The van der Waals surface area contributed by atoms with Crippen LogP contribution in [0, 0.1) is 0 Å². The van der Waals surface area contributed by atoms with Crippen molar-refractivity contribution in [2.24, 2.45) is 0 Å². The highest BCUT2D eigenvalue weighted by molar-refractivity contribution is 5.40. The molecular formula is C10H18N4O. The Balaban J connectivity index is 2.77. The molecule has 0 aliphatic heterocycles. The predicted octanol–water partition coefficient (Wildman–Crippen LogP) is 0.920. The Kier molecular flexibility index (Phi) is 4.30. The van der Waals surface area contributed by atoms with E-state index in [2.05, 4.69) is 28.7 Å². The second-order valence-electron chi connectivity index (χ2n) is 3.39. The molecular weight excluding hydrogens is 192 g/mol. The molecule has 0 fully saturated rings. The van der Waals surface area contributed by atoms with E-state index in [1.54, 1.807) is 19.5 Å². The van der Waals surface area contributed by atoms with E-state index >= 15 is 0 Å². The summed E-state index contributed by atoms with van der Waals surface area (Å²) >= 11 is 0. The molecule has 0 spiro atoms. The molecule has 1 unspecified atom stereocenters. The minimum absolute atomic E-state index is 0.276. The summed E-state index contributed by atoms with van der Waals surface area (Å²) < 4.78 is 5.12. The summed E-state index contributed by atoms with van der Waals surface area (Å²) in [5.41, 5.74) is 5.49. The fraction of sp³-hybridized carbons (Fsp3) is 0.600. The molecule has 0 saturated carbocycles. The van der Waals surface area contributed by atoms with E-state index in [-0.39, 0.29) is 6.04 Å². The van der Waals surface area contributed by atoms with Gasteiger partial charge in [-0.2, -0.15) is 0 Å². The lowest BCUT2D eigenvalue weighted by molar-refractivity contribution is 0.181. The minimum atomic E-state index is 0.276. The molecule has 1 aromatic heterocycles. The summed E-state index contributed by atoms with van der Waals surface area (Å²) in [7, 11) is 1.69. The second kappa shape index (κ2) is 5.50. The van der Waals surface area contributed by atoms with Crippen molar-refractivity contribution in [3.8, 4) is 0 Å². The molecule has 0 saturated heterocycles. The zero-order valence-electron chi connectivity index (χ0n) is 9.47. The van der Waals surface area contributed by atoms with Gasteiger partial charge >= 0.3 is 0 Å². The van der Waals surface area contributed by atoms with Gasteiger partial charge in [-0.25, -0.2) is 9.97 Å². The van der Waals surface area contributed by atoms with Crippen LogP contribution in [0.1, 0.15) is 13.8 Å². The van der Waals surface area contributed by atoms with Gasteiger partial charge in [-0.15, -0.1) is 0 Å². The quantitative estimate of drug-likeness (QED) is 0.783. The molecule has 0 bridgehead atoms. The van der Waals surface area contributed by atoms with E-state index in [0.717, 1.165) is 12.4 Å². The normalized spacial score (nSPS) is 12.5. The van der Waals surface area contributed by atoms with Crippen LogP contribution < -0.4 is 10.6 Å². The van der Waals surface area contributed by atoms with Crippen molar-refractivity contribution < 1.29 is 4.74 Å². The monoisotopic (exact) mass is 210 g/mol. The highest BCUT2D eigenvalue weighted by Crippen LogP contribution is 2.12. The number of nitrogen functional groups attached to an aromatic ring is 1. The average molecular weight is 210 g/mol. The molecule has 1 rings (SSSR count). The number of nitrogens with two attached hydrogens (primary N) is 1. The lowest BCUT2D eigenvalue weighted by Gasteiger charge is -2.28. The topological polar surface area (TPSA) is 64.3 Å². The van der Waals surface area contributed by atoms with E-state index in [1.807, 2.05) is 0 Å². The molecule has 5 nitrogen and oxygen atoms in total. The first-order valence-electron chi connectivity index (χ1n) is 5.02. The first-order chi connectivity index (χ1) is 7.19. The highest BCUT2D eigenvalue weighted by atomic mass is 16.5. The third-order valence-corrected chi connectivity index (χ3v) is 2.23. The van der Waals surface area contributed by atoms with Gasteiger partial charge in [0.05, 0.1) is 25.0 Å². The number of hydrogen-bond donors (Lipinski definition) is 1. The molecule has 1 heterocycles. The molecule has 5 heteroatoms. The van der Waals surface area contributed by atoms with Crippen molar-refractivity contribution in [2.75, 3.05) is 30.9 Å². The van der Waals surface area contributed by atoms with Gasteiger partial charge in [0.1, 0.15) is 11.6 Å². The highest BCUT2D eigenvalue weighted by Gasteiger charge is 2.13. The van der Waals surface area contributed by atoms with E-state index in [9.17, 15) is 0 Å². The van der Waals surface area contributed by atoms with Gasteiger partial charge < -0.3 is 15.4 Å². The first-order valence-corrected chi connectivity index (χ1v) is 5.02. The fourth-order valence-corrected chi connectivity index (χ4v) is 1.51. The van der Waals surface area contributed by atoms with E-state index in [1.165, 1.54) is 0 Å². The molecule has 2 N–H and O–H groups in total. The van der Waals surface area contributed by atoms with E-state index < -0.39 is 0 Å². The summed E-state index contributed by atoms with van der Waals surface area (Å²) in [6, 6.07) is 0.276. The Labute approximate surface area is 90.3 Å². The van der Waals surface area contributed by atoms with Gasteiger partial charge in [-0.3, -0.25) is 0 Å². The van der Waals surface area contributed by atoms with Crippen LogP contribution in [0.2, 0.25) is 0 Å². The Hall–Kier alpha value is -1.36. The smallest absolute Gasteiger partial charge is 0.147 e. The Bertz CT molecular complexity index is 288. The van der Waals surface area contributed by atoms with Crippen molar-refractivity contribution in [1.82, 2.24) is 9.97 Å². The molecule has 1 atom stereocenters. The summed E-state index contributed by atoms with van der Waals surface area (Å²) in [6.07, 6.45) is 3.25. The number of methoxy groups -OCH3 is 1. The molecule has 0 aromatic carbocycles. The van der Waals surface area contributed by atoms with Crippen molar-refractivity contribution >= 4 is 11.6 Å². The van der Waals surface area contributed by atoms with Gasteiger partial charge in [0.2, 0.25) is 0 Å². The third-order valence-electron chi connectivity index (χ3n) is 2.23. The Morgan fingerprint density at radius 1 is 1.47 bits per heavy atom. The molecule has 0 amide bonds. The van der Waals surface area contributed by atoms with Crippen LogP contribution in [0.3, 0.4) is 0 Å². The summed E-state index contributed by atoms with van der Waals surface area (Å²) in [5, 5.41) is 0. The van der Waals surface area contributed by atoms with Crippen LogP contribution in [0.25, 0.3) is 0 Å². The van der Waals surface area contributed by atoms with E-state index in [0.29, 0.717) is 12.4 Å². The van der Waals surface area contributed by atoms with Crippen molar-refractivity contribution in [3.63, 3.8) is 0 Å². The standard InChI is InChI=1S/C10H18N4O/c1-4-14(8(2)7-15-3)10-6-12-9(11)5-13-10/h5-6,8H,4,7H2,1-3H3,(H2,11,12).